The maximum absolute atomic E-state index is 11.8. The summed E-state index contributed by atoms with van der Waals surface area (Å²) < 4.78 is 16.9. The highest BCUT2D eigenvalue weighted by Crippen LogP contribution is 2.10. The van der Waals surface area contributed by atoms with Gasteiger partial charge in [0.25, 0.3) is 0 Å². The van der Waals surface area contributed by atoms with Crippen LogP contribution < -0.4 is 5.32 Å². The van der Waals surface area contributed by atoms with E-state index in [2.05, 4.69) is 19.2 Å². The van der Waals surface area contributed by atoms with Crippen molar-refractivity contribution in [1.29, 1.82) is 0 Å². The van der Waals surface area contributed by atoms with Gasteiger partial charge >= 0.3 is 0 Å². The van der Waals surface area contributed by atoms with Crippen molar-refractivity contribution in [2.24, 2.45) is 5.92 Å². The number of hydrogen-bond donors (Lipinski definition) is 1. The third-order valence-electron chi connectivity index (χ3n) is 2.53. The molecule has 2 atom stereocenters. The average molecular weight is 249 g/mol. The quantitative estimate of drug-likeness (QED) is 0.747. The van der Waals surface area contributed by atoms with E-state index in [1.165, 1.54) is 0 Å². The zero-order valence-corrected chi connectivity index (χ0v) is 12.3. The second-order valence-electron chi connectivity index (χ2n) is 5.42. The Kier molecular flexibility index (Phi) is 7.44. The molecular weight excluding hydrogens is 222 g/mol. The number of methoxy groups -OCH3 is 1. The van der Waals surface area contributed by atoms with Crippen molar-refractivity contribution in [2.45, 2.75) is 45.4 Å². The van der Waals surface area contributed by atoms with Crippen LogP contribution in [0.2, 0.25) is 0 Å². The minimum atomic E-state index is -0.774. The Morgan fingerprint density at radius 1 is 1.31 bits per heavy atom. The van der Waals surface area contributed by atoms with Crippen LogP contribution in [-0.2, 0) is 15.5 Å². The normalized spacial score (nSPS) is 16.4. The van der Waals surface area contributed by atoms with Gasteiger partial charge < -0.3 is 10.1 Å². The predicted molar refractivity (Wildman–Crippen MR) is 71.3 cm³/mol. The van der Waals surface area contributed by atoms with Crippen LogP contribution in [0.15, 0.2) is 0 Å². The van der Waals surface area contributed by atoms with E-state index in [0.717, 1.165) is 6.54 Å². The van der Waals surface area contributed by atoms with E-state index in [9.17, 15) is 4.21 Å². The zero-order valence-electron chi connectivity index (χ0n) is 11.5. The van der Waals surface area contributed by atoms with Gasteiger partial charge in [-0.2, -0.15) is 0 Å². The van der Waals surface area contributed by atoms with Gasteiger partial charge in [0.1, 0.15) is 0 Å². The van der Waals surface area contributed by atoms with E-state index in [-0.39, 0.29) is 4.75 Å². The van der Waals surface area contributed by atoms with Gasteiger partial charge in [0.2, 0.25) is 0 Å². The first-order chi connectivity index (χ1) is 7.29. The van der Waals surface area contributed by atoms with Crippen molar-refractivity contribution in [1.82, 2.24) is 5.32 Å². The lowest BCUT2D eigenvalue weighted by atomic mass is 10.1. The molecule has 0 spiro atoms. The highest BCUT2D eigenvalue weighted by atomic mass is 32.2. The maximum atomic E-state index is 11.8. The summed E-state index contributed by atoms with van der Waals surface area (Å²) in [6.07, 6.45) is 0. The minimum absolute atomic E-state index is 0.115. The van der Waals surface area contributed by atoms with Gasteiger partial charge in [-0.25, -0.2) is 0 Å². The molecule has 98 valence electrons. The van der Waals surface area contributed by atoms with Crippen molar-refractivity contribution in [3.05, 3.63) is 0 Å². The molecule has 0 aliphatic heterocycles. The molecule has 0 aromatic rings. The molecule has 1 N–H and O–H groups in total. The van der Waals surface area contributed by atoms with Crippen LogP contribution in [0, 0.1) is 5.92 Å². The topological polar surface area (TPSA) is 38.3 Å². The third-order valence-corrected chi connectivity index (χ3v) is 4.47. The van der Waals surface area contributed by atoms with Crippen molar-refractivity contribution in [3.63, 3.8) is 0 Å². The number of hydrogen-bond acceptors (Lipinski definition) is 3. The summed E-state index contributed by atoms with van der Waals surface area (Å²) in [5, 5.41) is 3.41. The molecule has 2 unspecified atom stereocenters. The van der Waals surface area contributed by atoms with Gasteiger partial charge in [-0.3, -0.25) is 4.21 Å². The maximum Gasteiger partial charge on any atom is 0.0618 e. The van der Waals surface area contributed by atoms with Gasteiger partial charge in [0.15, 0.2) is 0 Å². The fourth-order valence-electron chi connectivity index (χ4n) is 1.31. The minimum Gasteiger partial charge on any atom is -0.383 e. The second-order valence-corrected chi connectivity index (χ2v) is 7.75. The SMILES string of the molecule is COCC(NCCS(=O)C(C)(C)C)C(C)C. The van der Waals surface area contributed by atoms with E-state index >= 15 is 0 Å². The molecule has 0 aliphatic carbocycles. The zero-order chi connectivity index (χ0) is 12.8. The first-order valence-electron chi connectivity index (χ1n) is 5.89. The molecule has 0 radical (unpaired) electrons. The largest absolute Gasteiger partial charge is 0.383 e. The number of rotatable bonds is 7. The van der Waals surface area contributed by atoms with E-state index in [1.807, 2.05) is 20.8 Å². The van der Waals surface area contributed by atoms with Crippen molar-refractivity contribution in [3.8, 4) is 0 Å². The van der Waals surface area contributed by atoms with Crippen LogP contribution in [0.4, 0.5) is 0 Å². The van der Waals surface area contributed by atoms with Crippen LogP contribution in [-0.4, -0.2) is 41.0 Å². The summed E-state index contributed by atoms with van der Waals surface area (Å²) in [5.74, 6) is 1.24. The van der Waals surface area contributed by atoms with E-state index in [0.29, 0.717) is 24.3 Å². The molecule has 0 saturated heterocycles. The Morgan fingerprint density at radius 3 is 2.25 bits per heavy atom. The first kappa shape index (κ1) is 16.1. The molecule has 0 aliphatic rings. The van der Waals surface area contributed by atoms with Gasteiger partial charge in [0, 0.05) is 41.0 Å². The van der Waals surface area contributed by atoms with E-state index in [1.54, 1.807) is 7.11 Å². The Bertz CT molecular complexity index is 212. The molecule has 0 amide bonds. The molecule has 16 heavy (non-hydrogen) atoms. The summed E-state index contributed by atoms with van der Waals surface area (Å²) in [6, 6.07) is 0.349. The van der Waals surface area contributed by atoms with Crippen LogP contribution in [0.25, 0.3) is 0 Å². The Hall–Kier alpha value is 0.0700. The van der Waals surface area contributed by atoms with Gasteiger partial charge in [0.05, 0.1) is 6.61 Å². The fourth-order valence-corrected chi connectivity index (χ4v) is 2.23. The first-order valence-corrected chi connectivity index (χ1v) is 7.21. The average Bonchev–Trinajstić information content (AvgIpc) is 2.14. The summed E-state index contributed by atoms with van der Waals surface area (Å²) in [4.78, 5) is 0. The highest BCUT2D eigenvalue weighted by Gasteiger charge is 2.19. The predicted octanol–water partition coefficient (Wildman–Crippen LogP) is 1.79. The molecule has 0 aromatic carbocycles. The number of nitrogens with one attached hydrogen (secondary N) is 1. The molecular formula is C12H27NO2S. The molecule has 0 rings (SSSR count). The lowest BCUT2D eigenvalue weighted by Crippen LogP contribution is -2.40. The number of ether oxygens (including phenoxy) is 1. The summed E-state index contributed by atoms with van der Waals surface area (Å²) >= 11 is 0. The summed E-state index contributed by atoms with van der Waals surface area (Å²) in [7, 11) is 0.938. The highest BCUT2D eigenvalue weighted by molar-refractivity contribution is 7.86. The van der Waals surface area contributed by atoms with E-state index in [4.69, 9.17) is 4.74 Å². The Balaban J connectivity index is 3.91. The Labute approximate surface area is 103 Å². The molecule has 0 bridgehead atoms. The van der Waals surface area contributed by atoms with Gasteiger partial charge in [-0.15, -0.1) is 0 Å². The lowest BCUT2D eigenvalue weighted by Gasteiger charge is -2.23. The van der Waals surface area contributed by atoms with Crippen LogP contribution in [0.5, 0.6) is 0 Å². The Morgan fingerprint density at radius 2 is 1.88 bits per heavy atom. The molecule has 4 heteroatoms. The van der Waals surface area contributed by atoms with Crippen LogP contribution in [0.1, 0.15) is 34.6 Å². The molecule has 0 saturated carbocycles. The second kappa shape index (κ2) is 7.41. The molecule has 0 heterocycles. The van der Waals surface area contributed by atoms with Gasteiger partial charge in [-0.05, 0) is 26.7 Å². The summed E-state index contributed by atoms with van der Waals surface area (Å²) in [6.45, 7) is 11.9. The molecule has 0 aromatic heterocycles. The summed E-state index contributed by atoms with van der Waals surface area (Å²) in [5.41, 5.74) is 0. The van der Waals surface area contributed by atoms with Crippen molar-refractivity contribution < 1.29 is 8.95 Å². The third kappa shape index (κ3) is 6.61. The van der Waals surface area contributed by atoms with E-state index < -0.39 is 10.8 Å². The van der Waals surface area contributed by atoms with Crippen molar-refractivity contribution >= 4 is 10.8 Å². The molecule has 3 nitrogen and oxygen atoms in total. The fraction of sp³-hybridized carbons (Fsp3) is 1.00. The smallest absolute Gasteiger partial charge is 0.0618 e. The van der Waals surface area contributed by atoms with Crippen molar-refractivity contribution in [2.75, 3.05) is 26.0 Å². The van der Waals surface area contributed by atoms with Crippen LogP contribution >= 0.6 is 0 Å². The van der Waals surface area contributed by atoms with Gasteiger partial charge in [-0.1, -0.05) is 13.8 Å². The standard InChI is InChI=1S/C12H27NO2S/c1-10(2)11(9-15-6)13-7-8-16(14)12(3,4)5/h10-11,13H,7-9H2,1-6H3. The monoisotopic (exact) mass is 249 g/mol. The molecule has 0 fully saturated rings. The van der Waals surface area contributed by atoms with Crippen LogP contribution in [0.3, 0.4) is 0 Å². The lowest BCUT2D eigenvalue weighted by molar-refractivity contribution is 0.148.